The first-order valence-electron chi connectivity index (χ1n) is 7.61. The quantitative estimate of drug-likeness (QED) is 0.621. The molecule has 2 nitrogen and oxygen atoms in total. The summed E-state index contributed by atoms with van der Waals surface area (Å²) in [4.78, 5) is 0. The summed E-state index contributed by atoms with van der Waals surface area (Å²) in [5, 5.41) is 3.38. The fourth-order valence-corrected chi connectivity index (χ4v) is 2.76. The lowest BCUT2D eigenvalue weighted by molar-refractivity contribution is 0.0631. The molecule has 102 valence electrons. The minimum Gasteiger partial charge on any atom is -0.381 e. The Labute approximate surface area is 108 Å². The summed E-state index contributed by atoms with van der Waals surface area (Å²) in [7, 11) is 2.08. The summed E-state index contributed by atoms with van der Waals surface area (Å²) in [6.45, 7) is 4.28. The van der Waals surface area contributed by atoms with E-state index in [2.05, 4.69) is 19.3 Å². The molecule has 0 aromatic heterocycles. The highest BCUT2D eigenvalue weighted by Crippen LogP contribution is 2.21. The van der Waals surface area contributed by atoms with E-state index in [-0.39, 0.29) is 0 Å². The molecule has 1 fully saturated rings. The van der Waals surface area contributed by atoms with E-state index < -0.39 is 0 Å². The maximum absolute atomic E-state index is 5.39. The zero-order chi connectivity index (χ0) is 12.3. The van der Waals surface area contributed by atoms with Crippen molar-refractivity contribution >= 4 is 0 Å². The third-order valence-corrected chi connectivity index (χ3v) is 4.16. The van der Waals surface area contributed by atoms with Gasteiger partial charge in [0, 0.05) is 19.3 Å². The SMILES string of the molecule is CCC(CCCCCCC1CCOCC1)NC. The Morgan fingerprint density at radius 2 is 1.82 bits per heavy atom. The van der Waals surface area contributed by atoms with Gasteiger partial charge in [0.25, 0.3) is 0 Å². The lowest BCUT2D eigenvalue weighted by atomic mass is 9.93. The van der Waals surface area contributed by atoms with Gasteiger partial charge in [-0.2, -0.15) is 0 Å². The summed E-state index contributed by atoms with van der Waals surface area (Å²) in [5.41, 5.74) is 0. The first kappa shape index (κ1) is 15.0. The fraction of sp³-hybridized carbons (Fsp3) is 1.00. The van der Waals surface area contributed by atoms with Gasteiger partial charge in [0.05, 0.1) is 0 Å². The Balaban J connectivity index is 1.86. The molecule has 0 saturated carbocycles. The molecule has 0 aliphatic carbocycles. The summed E-state index contributed by atoms with van der Waals surface area (Å²) in [6, 6.07) is 0.741. The second-order valence-corrected chi connectivity index (χ2v) is 5.44. The van der Waals surface area contributed by atoms with Crippen LogP contribution in [0.4, 0.5) is 0 Å². The molecule has 1 saturated heterocycles. The molecule has 1 aliphatic rings. The number of unbranched alkanes of at least 4 members (excludes halogenated alkanes) is 3. The largest absolute Gasteiger partial charge is 0.381 e. The van der Waals surface area contributed by atoms with E-state index >= 15 is 0 Å². The van der Waals surface area contributed by atoms with Crippen LogP contribution in [0.5, 0.6) is 0 Å². The Bertz CT molecular complexity index is 162. The fourth-order valence-electron chi connectivity index (χ4n) is 2.76. The maximum Gasteiger partial charge on any atom is 0.0468 e. The van der Waals surface area contributed by atoms with Crippen molar-refractivity contribution in [1.29, 1.82) is 0 Å². The van der Waals surface area contributed by atoms with E-state index in [4.69, 9.17) is 4.74 Å². The van der Waals surface area contributed by atoms with Crippen LogP contribution in [0.15, 0.2) is 0 Å². The molecule has 0 amide bonds. The van der Waals surface area contributed by atoms with Crippen LogP contribution in [0, 0.1) is 5.92 Å². The van der Waals surface area contributed by atoms with Crippen LogP contribution in [-0.4, -0.2) is 26.3 Å². The second kappa shape index (κ2) is 9.90. The molecule has 1 rings (SSSR count). The molecule has 1 unspecified atom stereocenters. The summed E-state index contributed by atoms with van der Waals surface area (Å²) in [6.07, 6.45) is 12.3. The van der Waals surface area contributed by atoms with Crippen molar-refractivity contribution in [2.24, 2.45) is 5.92 Å². The van der Waals surface area contributed by atoms with Crippen molar-refractivity contribution in [3.63, 3.8) is 0 Å². The van der Waals surface area contributed by atoms with Gasteiger partial charge >= 0.3 is 0 Å². The predicted molar refractivity (Wildman–Crippen MR) is 74.4 cm³/mol. The Kier molecular flexibility index (Phi) is 8.72. The van der Waals surface area contributed by atoms with Crippen LogP contribution in [0.25, 0.3) is 0 Å². The predicted octanol–water partition coefficient (Wildman–Crippen LogP) is 3.75. The van der Waals surface area contributed by atoms with Gasteiger partial charge in [-0.1, -0.05) is 39.0 Å². The van der Waals surface area contributed by atoms with Crippen LogP contribution in [0.2, 0.25) is 0 Å². The third-order valence-electron chi connectivity index (χ3n) is 4.16. The van der Waals surface area contributed by atoms with Gasteiger partial charge in [-0.3, -0.25) is 0 Å². The van der Waals surface area contributed by atoms with E-state index in [0.717, 1.165) is 25.2 Å². The van der Waals surface area contributed by atoms with Crippen molar-refractivity contribution in [2.45, 2.75) is 70.8 Å². The average molecular weight is 241 g/mol. The number of hydrogen-bond donors (Lipinski definition) is 1. The smallest absolute Gasteiger partial charge is 0.0468 e. The lowest BCUT2D eigenvalue weighted by Gasteiger charge is -2.21. The van der Waals surface area contributed by atoms with Crippen molar-refractivity contribution in [1.82, 2.24) is 5.32 Å². The molecule has 0 aromatic rings. The summed E-state index contributed by atoms with van der Waals surface area (Å²) in [5.74, 6) is 0.962. The zero-order valence-electron chi connectivity index (χ0n) is 11.8. The van der Waals surface area contributed by atoms with Crippen LogP contribution < -0.4 is 5.32 Å². The first-order valence-corrected chi connectivity index (χ1v) is 7.61. The number of rotatable bonds is 9. The Hall–Kier alpha value is -0.0800. The molecule has 1 N–H and O–H groups in total. The molecule has 0 spiro atoms. The average Bonchev–Trinajstić information content (AvgIpc) is 2.39. The molecule has 1 aliphatic heterocycles. The molecule has 0 radical (unpaired) electrons. The minimum absolute atomic E-state index is 0.741. The monoisotopic (exact) mass is 241 g/mol. The van der Waals surface area contributed by atoms with E-state index in [1.165, 1.54) is 57.8 Å². The highest BCUT2D eigenvalue weighted by Gasteiger charge is 2.12. The van der Waals surface area contributed by atoms with Crippen LogP contribution in [0.3, 0.4) is 0 Å². The molecule has 1 heterocycles. The van der Waals surface area contributed by atoms with Gasteiger partial charge in [-0.05, 0) is 38.6 Å². The standard InChI is InChI=1S/C15H31NO/c1-3-15(16-2)9-7-5-4-6-8-14-10-12-17-13-11-14/h14-16H,3-13H2,1-2H3. The summed E-state index contributed by atoms with van der Waals surface area (Å²) < 4.78 is 5.39. The van der Waals surface area contributed by atoms with Crippen molar-refractivity contribution in [3.8, 4) is 0 Å². The zero-order valence-corrected chi connectivity index (χ0v) is 11.8. The molecule has 0 bridgehead atoms. The van der Waals surface area contributed by atoms with Crippen molar-refractivity contribution < 1.29 is 4.74 Å². The van der Waals surface area contributed by atoms with Gasteiger partial charge in [-0.25, -0.2) is 0 Å². The molecular weight excluding hydrogens is 210 g/mol. The van der Waals surface area contributed by atoms with Crippen molar-refractivity contribution in [2.75, 3.05) is 20.3 Å². The van der Waals surface area contributed by atoms with Gasteiger partial charge in [0.2, 0.25) is 0 Å². The van der Waals surface area contributed by atoms with E-state index in [1.807, 2.05) is 0 Å². The van der Waals surface area contributed by atoms with Gasteiger partial charge in [0.15, 0.2) is 0 Å². The Morgan fingerprint density at radius 1 is 1.12 bits per heavy atom. The van der Waals surface area contributed by atoms with Gasteiger partial charge in [-0.15, -0.1) is 0 Å². The molecule has 2 heteroatoms. The molecule has 17 heavy (non-hydrogen) atoms. The van der Waals surface area contributed by atoms with E-state index in [9.17, 15) is 0 Å². The molecular formula is C15H31NO. The van der Waals surface area contributed by atoms with Gasteiger partial charge in [0.1, 0.15) is 0 Å². The van der Waals surface area contributed by atoms with Crippen molar-refractivity contribution in [3.05, 3.63) is 0 Å². The van der Waals surface area contributed by atoms with E-state index in [0.29, 0.717) is 0 Å². The highest BCUT2D eigenvalue weighted by atomic mass is 16.5. The number of hydrogen-bond acceptors (Lipinski definition) is 2. The van der Waals surface area contributed by atoms with E-state index in [1.54, 1.807) is 0 Å². The first-order chi connectivity index (χ1) is 8.36. The third kappa shape index (κ3) is 7.05. The van der Waals surface area contributed by atoms with Crippen LogP contribution in [-0.2, 0) is 4.74 Å². The normalized spacial score (nSPS) is 19.4. The lowest BCUT2D eigenvalue weighted by Crippen LogP contribution is -2.23. The molecule has 1 atom stereocenters. The number of nitrogens with one attached hydrogen (secondary N) is 1. The second-order valence-electron chi connectivity index (χ2n) is 5.44. The highest BCUT2D eigenvalue weighted by molar-refractivity contribution is 4.64. The number of ether oxygens (including phenoxy) is 1. The Morgan fingerprint density at radius 3 is 2.47 bits per heavy atom. The van der Waals surface area contributed by atoms with Crippen LogP contribution in [0.1, 0.15) is 64.7 Å². The topological polar surface area (TPSA) is 21.3 Å². The minimum atomic E-state index is 0.741. The van der Waals surface area contributed by atoms with Gasteiger partial charge < -0.3 is 10.1 Å². The van der Waals surface area contributed by atoms with Crippen LogP contribution >= 0.6 is 0 Å². The summed E-state index contributed by atoms with van der Waals surface area (Å²) >= 11 is 0. The molecule has 0 aromatic carbocycles. The maximum atomic E-state index is 5.39.